The van der Waals surface area contributed by atoms with Gasteiger partial charge in [0.1, 0.15) is 11.6 Å². The minimum absolute atomic E-state index is 0.0801. The van der Waals surface area contributed by atoms with Gasteiger partial charge >= 0.3 is 0 Å². The fourth-order valence-corrected chi connectivity index (χ4v) is 2.86. The molecule has 96 valence electrons. The molecule has 0 aliphatic rings. The average Bonchev–Trinajstić information content (AvgIpc) is 3.00. The Morgan fingerprint density at radius 3 is 2.84 bits per heavy atom. The van der Waals surface area contributed by atoms with Gasteiger partial charge in [-0.25, -0.2) is 4.39 Å². The molecule has 7 heteroatoms. The second-order valence-electron chi connectivity index (χ2n) is 3.69. The Hall–Kier alpha value is -1.73. The maximum atomic E-state index is 13.2. The van der Waals surface area contributed by atoms with E-state index in [4.69, 9.17) is 4.52 Å². The van der Waals surface area contributed by atoms with Crippen LogP contribution in [0.5, 0.6) is 5.75 Å². The van der Waals surface area contributed by atoms with Crippen LogP contribution in [-0.4, -0.2) is 15.2 Å². The molecule has 0 fully saturated rings. The monoisotopic (exact) mass is 340 g/mol. The predicted octanol–water partition coefficient (Wildman–Crippen LogP) is 4.07. The SMILES string of the molecule is Oc1ccc(F)cc1-c1nc(-c2ccc(Br)s2)no1. The zero-order valence-corrected chi connectivity index (χ0v) is 11.7. The summed E-state index contributed by atoms with van der Waals surface area (Å²) in [6, 6.07) is 7.27. The molecule has 0 radical (unpaired) electrons. The summed E-state index contributed by atoms with van der Waals surface area (Å²) < 4.78 is 19.2. The molecular weight excluding hydrogens is 335 g/mol. The summed E-state index contributed by atoms with van der Waals surface area (Å²) in [7, 11) is 0. The second kappa shape index (κ2) is 4.75. The van der Waals surface area contributed by atoms with Crippen LogP contribution in [0.4, 0.5) is 4.39 Å². The van der Waals surface area contributed by atoms with E-state index in [-0.39, 0.29) is 17.2 Å². The van der Waals surface area contributed by atoms with Gasteiger partial charge in [0.15, 0.2) is 0 Å². The number of phenolic OH excluding ortho intramolecular Hbond substituents is 1. The van der Waals surface area contributed by atoms with Gasteiger partial charge in [0, 0.05) is 0 Å². The van der Waals surface area contributed by atoms with E-state index >= 15 is 0 Å². The summed E-state index contributed by atoms with van der Waals surface area (Å²) in [6.07, 6.45) is 0. The van der Waals surface area contributed by atoms with Gasteiger partial charge in [-0.1, -0.05) is 5.16 Å². The molecule has 0 aliphatic carbocycles. The maximum absolute atomic E-state index is 13.2. The summed E-state index contributed by atoms with van der Waals surface area (Å²) in [5, 5.41) is 13.5. The van der Waals surface area contributed by atoms with E-state index in [1.54, 1.807) is 0 Å². The van der Waals surface area contributed by atoms with Gasteiger partial charge in [-0.15, -0.1) is 11.3 Å². The molecule has 3 rings (SSSR count). The standard InChI is InChI=1S/C12H6BrFN2O2S/c13-10-4-3-9(19-10)11-15-12(18-16-11)7-5-6(14)1-2-8(7)17/h1-5,17H. The zero-order valence-electron chi connectivity index (χ0n) is 9.30. The van der Waals surface area contributed by atoms with Crippen LogP contribution in [0, 0.1) is 5.82 Å². The van der Waals surface area contributed by atoms with Gasteiger partial charge in [0.2, 0.25) is 5.82 Å². The fraction of sp³-hybridized carbons (Fsp3) is 0. The van der Waals surface area contributed by atoms with Crippen molar-refractivity contribution in [3.8, 4) is 27.9 Å². The van der Waals surface area contributed by atoms with Crippen LogP contribution in [0.2, 0.25) is 0 Å². The van der Waals surface area contributed by atoms with Crippen molar-refractivity contribution >= 4 is 27.3 Å². The molecular formula is C12H6BrFN2O2S. The molecule has 0 bridgehead atoms. The summed E-state index contributed by atoms with van der Waals surface area (Å²) in [5.74, 6) is -0.110. The molecule has 1 aromatic carbocycles. The number of aromatic nitrogens is 2. The number of aromatic hydroxyl groups is 1. The van der Waals surface area contributed by atoms with Crippen molar-refractivity contribution in [1.29, 1.82) is 0 Å². The van der Waals surface area contributed by atoms with Crippen LogP contribution < -0.4 is 0 Å². The van der Waals surface area contributed by atoms with Crippen LogP contribution in [-0.2, 0) is 0 Å². The van der Waals surface area contributed by atoms with Crippen molar-refractivity contribution in [2.45, 2.75) is 0 Å². The van der Waals surface area contributed by atoms with Crippen molar-refractivity contribution in [2.24, 2.45) is 0 Å². The molecule has 3 aromatic rings. The Kier molecular flexibility index (Phi) is 3.08. The minimum atomic E-state index is -0.480. The summed E-state index contributed by atoms with van der Waals surface area (Å²) in [4.78, 5) is 4.97. The van der Waals surface area contributed by atoms with Gasteiger partial charge in [0.05, 0.1) is 14.2 Å². The van der Waals surface area contributed by atoms with E-state index in [0.29, 0.717) is 5.82 Å². The van der Waals surface area contributed by atoms with Gasteiger partial charge in [-0.05, 0) is 46.3 Å². The van der Waals surface area contributed by atoms with E-state index in [9.17, 15) is 9.50 Å². The lowest BCUT2D eigenvalue weighted by molar-refractivity contribution is 0.425. The number of hydrogen-bond acceptors (Lipinski definition) is 5. The van der Waals surface area contributed by atoms with Crippen molar-refractivity contribution < 1.29 is 14.0 Å². The first-order chi connectivity index (χ1) is 9.13. The summed E-state index contributed by atoms with van der Waals surface area (Å²) in [5.41, 5.74) is 0.175. The maximum Gasteiger partial charge on any atom is 0.262 e. The summed E-state index contributed by atoms with van der Waals surface area (Å²) >= 11 is 4.80. The Morgan fingerprint density at radius 2 is 2.11 bits per heavy atom. The number of nitrogens with zero attached hydrogens (tertiary/aromatic N) is 2. The number of rotatable bonds is 2. The molecule has 0 unspecified atom stereocenters. The fourth-order valence-electron chi connectivity index (χ4n) is 1.55. The molecule has 1 N–H and O–H groups in total. The molecule has 0 saturated heterocycles. The highest BCUT2D eigenvalue weighted by atomic mass is 79.9. The minimum Gasteiger partial charge on any atom is -0.507 e. The quantitative estimate of drug-likeness (QED) is 0.763. The largest absolute Gasteiger partial charge is 0.507 e. The zero-order chi connectivity index (χ0) is 13.4. The molecule has 4 nitrogen and oxygen atoms in total. The number of phenols is 1. The van der Waals surface area contributed by atoms with Crippen LogP contribution in [0.15, 0.2) is 38.6 Å². The van der Waals surface area contributed by atoms with E-state index in [1.807, 2.05) is 12.1 Å². The first kappa shape index (κ1) is 12.3. The van der Waals surface area contributed by atoms with Crippen LogP contribution in [0.25, 0.3) is 22.2 Å². The third-order valence-corrected chi connectivity index (χ3v) is 4.03. The lowest BCUT2D eigenvalue weighted by Gasteiger charge is -1.98. The molecule has 0 spiro atoms. The molecule has 2 aromatic heterocycles. The van der Waals surface area contributed by atoms with Crippen molar-refractivity contribution in [3.05, 3.63) is 39.9 Å². The first-order valence-corrected chi connectivity index (χ1v) is 6.83. The third kappa shape index (κ3) is 2.39. The number of halogens is 2. The smallest absolute Gasteiger partial charge is 0.262 e. The van der Waals surface area contributed by atoms with Crippen molar-refractivity contribution in [1.82, 2.24) is 10.1 Å². The lowest BCUT2D eigenvalue weighted by atomic mass is 10.2. The van der Waals surface area contributed by atoms with Gasteiger partial charge in [-0.3, -0.25) is 0 Å². The first-order valence-electron chi connectivity index (χ1n) is 5.22. The summed E-state index contributed by atoms with van der Waals surface area (Å²) in [6.45, 7) is 0. The third-order valence-electron chi connectivity index (χ3n) is 2.41. The van der Waals surface area contributed by atoms with Crippen molar-refractivity contribution in [2.75, 3.05) is 0 Å². The van der Waals surface area contributed by atoms with Crippen LogP contribution >= 0.6 is 27.3 Å². The molecule has 0 atom stereocenters. The molecule has 19 heavy (non-hydrogen) atoms. The number of thiophene rings is 1. The highest BCUT2D eigenvalue weighted by Crippen LogP contribution is 2.33. The van der Waals surface area contributed by atoms with Crippen molar-refractivity contribution in [3.63, 3.8) is 0 Å². The van der Waals surface area contributed by atoms with E-state index < -0.39 is 5.82 Å². The van der Waals surface area contributed by atoms with Gasteiger partial charge in [-0.2, -0.15) is 4.98 Å². The molecule has 2 heterocycles. The van der Waals surface area contributed by atoms with E-state index in [0.717, 1.165) is 20.8 Å². The Morgan fingerprint density at radius 1 is 1.26 bits per heavy atom. The van der Waals surface area contributed by atoms with E-state index in [2.05, 4.69) is 26.1 Å². The lowest BCUT2D eigenvalue weighted by Crippen LogP contribution is -1.82. The average molecular weight is 341 g/mol. The highest BCUT2D eigenvalue weighted by Gasteiger charge is 2.15. The second-order valence-corrected chi connectivity index (χ2v) is 6.15. The number of hydrogen-bond donors (Lipinski definition) is 1. The highest BCUT2D eigenvalue weighted by molar-refractivity contribution is 9.11. The Labute approximate surface area is 119 Å². The van der Waals surface area contributed by atoms with E-state index in [1.165, 1.54) is 17.4 Å². The van der Waals surface area contributed by atoms with Gasteiger partial charge in [0.25, 0.3) is 5.89 Å². The van der Waals surface area contributed by atoms with Crippen LogP contribution in [0.1, 0.15) is 0 Å². The molecule has 0 aliphatic heterocycles. The Bertz CT molecular complexity index is 741. The molecule has 0 saturated carbocycles. The molecule has 0 amide bonds. The normalized spacial score (nSPS) is 10.8. The Balaban J connectivity index is 2.03. The van der Waals surface area contributed by atoms with Gasteiger partial charge < -0.3 is 9.63 Å². The topological polar surface area (TPSA) is 59.2 Å². The predicted molar refractivity (Wildman–Crippen MR) is 72.4 cm³/mol. The number of benzene rings is 1. The van der Waals surface area contributed by atoms with Crippen LogP contribution in [0.3, 0.4) is 0 Å².